The van der Waals surface area contributed by atoms with Crippen LogP contribution in [-0.4, -0.2) is 63.4 Å². The van der Waals surface area contributed by atoms with Crippen LogP contribution in [0.1, 0.15) is 21.6 Å². The van der Waals surface area contributed by atoms with Crippen LogP contribution in [0, 0.1) is 6.92 Å². The average Bonchev–Trinajstić information content (AvgIpc) is 3.51. The molecule has 192 valence electrons. The van der Waals surface area contributed by atoms with Crippen LogP contribution < -0.4 is 4.74 Å². The Bertz CT molecular complexity index is 1390. The maximum absolute atomic E-state index is 12.8. The standard InChI is InChI=1S/C25H22F3N5O4/c1-16-13-21(23-29-22(31-37-23)18-5-7-20(8-6-18)36-25(26,27)28)30-33(16)15-17-3-2-4-19(14-17)24(34)32-9-11-35-12-10-32/h2-8,13-14H,9-12,15H2,1H3. The topological polar surface area (TPSA) is 95.5 Å². The Balaban J connectivity index is 1.30. The van der Waals surface area contributed by atoms with Crippen LogP contribution >= 0.6 is 0 Å². The van der Waals surface area contributed by atoms with Crippen molar-refractivity contribution in [2.24, 2.45) is 0 Å². The molecule has 9 nitrogen and oxygen atoms in total. The van der Waals surface area contributed by atoms with Gasteiger partial charge in [0, 0.05) is 29.9 Å². The van der Waals surface area contributed by atoms with Crippen molar-refractivity contribution in [2.75, 3.05) is 26.3 Å². The molecule has 0 N–H and O–H groups in total. The summed E-state index contributed by atoms with van der Waals surface area (Å²) in [5.74, 6) is 0.00303. The van der Waals surface area contributed by atoms with Crippen molar-refractivity contribution in [1.82, 2.24) is 24.8 Å². The number of rotatable bonds is 6. The Morgan fingerprint density at radius 2 is 1.84 bits per heavy atom. The van der Waals surface area contributed by atoms with Gasteiger partial charge in [-0.3, -0.25) is 9.48 Å². The van der Waals surface area contributed by atoms with E-state index in [9.17, 15) is 18.0 Å². The van der Waals surface area contributed by atoms with Crippen LogP contribution in [-0.2, 0) is 11.3 Å². The van der Waals surface area contributed by atoms with Crippen molar-refractivity contribution in [3.05, 3.63) is 71.4 Å². The summed E-state index contributed by atoms with van der Waals surface area (Å²) in [6, 6.07) is 14.4. The van der Waals surface area contributed by atoms with Gasteiger partial charge in [0.25, 0.3) is 11.8 Å². The smallest absolute Gasteiger partial charge is 0.406 e. The molecule has 1 saturated heterocycles. The van der Waals surface area contributed by atoms with Gasteiger partial charge in [-0.1, -0.05) is 17.3 Å². The first-order valence-corrected chi connectivity index (χ1v) is 11.5. The highest BCUT2D eigenvalue weighted by Crippen LogP contribution is 2.27. The summed E-state index contributed by atoms with van der Waals surface area (Å²) in [5.41, 5.74) is 3.27. The number of halogens is 3. The van der Waals surface area contributed by atoms with Gasteiger partial charge in [0.15, 0.2) is 5.69 Å². The van der Waals surface area contributed by atoms with Crippen molar-refractivity contribution in [3.63, 3.8) is 0 Å². The van der Waals surface area contributed by atoms with Gasteiger partial charge in [-0.05, 0) is 55.0 Å². The van der Waals surface area contributed by atoms with Gasteiger partial charge in [0.1, 0.15) is 5.75 Å². The van der Waals surface area contributed by atoms with E-state index in [0.29, 0.717) is 49.7 Å². The van der Waals surface area contributed by atoms with Gasteiger partial charge in [0.05, 0.1) is 19.8 Å². The minimum absolute atomic E-state index is 0.0283. The lowest BCUT2D eigenvalue weighted by atomic mass is 10.1. The normalized spacial score (nSPS) is 14.1. The first kappa shape index (κ1) is 24.5. The molecule has 1 amide bonds. The Morgan fingerprint density at radius 1 is 1.08 bits per heavy atom. The molecule has 0 unspecified atom stereocenters. The molecule has 3 heterocycles. The van der Waals surface area contributed by atoms with E-state index in [1.807, 2.05) is 25.1 Å². The van der Waals surface area contributed by atoms with Gasteiger partial charge >= 0.3 is 6.36 Å². The number of amides is 1. The first-order chi connectivity index (χ1) is 17.7. The summed E-state index contributed by atoms with van der Waals surface area (Å²) < 4.78 is 53.4. The van der Waals surface area contributed by atoms with E-state index in [0.717, 1.165) is 11.3 Å². The zero-order valence-electron chi connectivity index (χ0n) is 19.7. The highest BCUT2D eigenvalue weighted by Gasteiger charge is 2.31. The SMILES string of the molecule is Cc1cc(-c2nc(-c3ccc(OC(F)(F)F)cc3)no2)nn1Cc1cccc(C(=O)N2CCOCC2)c1. The quantitative estimate of drug-likeness (QED) is 0.379. The monoisotopic (exact) mass is 513 g/mol. The molecule has 0 spiro atoms. The summed E-state index contributed by atoms with van der Waals surface area (Å²) in [7, 11) is 0. The third-order valence-electron chi connectivity index (χ3n) is 5.78. The molecular weight excluding hydrogens is 491 g/mol. The summed E-state index contributed by atoms with van der Waals surface area (Å²) >= 11 is 0. The molecule has 2 aromatic heterocycles. The maximum Gasteiger partial charge on any atom is 0.573 e. The lowest BCUT2D eigenvalue weighted by Gasteiger charge is -2.27. The van der Waals surface area contributed by atoms with Crippen LogP contribution in [0.4, 0.5) is 13.2 Å². The molecule has 0 atom stereocenters. The van der Waals surface area contributed by atoms with E-state index in [-0.39, 0.29) is 23.4 Å². The number of carbonyl (C=O) groups excluding carboxylic acids is 1. The van der Waals surface area contributed by atoms with E-state index >= 15 is 0 Å². The van der Waals surface area contributed by atoms with Crippen molar-refractivity contribution in [2.45, 2.75) is 19.8 Å². The number of alkyl halides is 3. The summed E-state index contributed by atoms with van der Waals surface area (Å²) in [6.07, 6.45) is -4.77. The number of aromatic nitrogens is 4. The first-order valence-electron chi connectivity index (χ1n) is 11.5. The molecule has 1 aliphatic heterocycles. The number of carbonyl (C=O) groups is 1. The van der Waals surface area contributed by atoms with Gasteiger partial charge in [0.2, 0.25) is 5.82 Å². The molecule has 0 bridgehead atoms. The number of ether oxygens (including phenoxy) is 2. The second-order valence-corrected chi connectivity index (χ2v) is 8.43. The summed E-state index contributed by atoms with van der Waals surface area (Å²) in [4.78, 5) is 18.9. The Kier molecular flexibility index (Phi) is 6.66. The number of aryl methyl sites for hydroxylation is 1. The van der Waals surface area contributed by atoms with Gasteiger partial charge in [-0.2, -0.15) is 10.1 Å². The summed E-state index contributed by atoms with van der Waals surface area (Å²) in [5, 5.41) is 8.48. The molecule has 2 aromatic carbocycles. The third-order valence-corrected chi connectivity index (χ3v) is 5.78. The zero-order chi connectivity index (χ0) is 26.0. The lowest BCUT2D eigenvalue weighted by molar-refractivity contribution is -0.274. The molecule has 5 rings (SSSR count). The maximum atomic E-state index is 12.8. The Labute approximate surface area is 209 Å². The van der Waals surface area contributed by atoms with Gasteiger partial charge in [-0.25, -0.2) is 0 Å². The minimum atomic E-state index is -4.77. The zero-order valence-corrected chi connectivity index (χ0v) is 19.7. The van der Waals surface area contributed by atoms with E-state index in [1.165, 1.54) is 24.3 Å². The van der Waals surface area contributed by atoms with E-state index in [2.05, 4.69) is 20.0 Å². The number of hydrogen-bond donors (Lipinski definition) is 0. The average molecular weight is 513 g/mol. The molecule has 0 aliphatic carbocycles. The van der Waals surface area contributed by atoms with E-state index in [1.54, 1.807) is 21.7 Å². The number of morpholine rings is 1. The Morgan fingerprint density at radius 3 is 2.57 bits per heavy atom. The van der Waals surface area contributed by atoms with Crippen LogP contribution in [0.15, 0.2) is 59.1 Å². The largest absolute Gasteiger partial charge is 0.573 e. The fourth-order valence-corrected chi connectivity index (χ4v) is 3.95. The van der Waals surface area contributed by atoms with Crippen molar-refractivity contribution < 1.29 is 32.0 Å². The number of benzene rings is 2. The van der Waals surface area contributed by atoms with Crippen molar-refractivity contribution in [3.8, 4) is 28.7 Å². The molecule has 0 radical (unpaired) electrons. The van der Waals surface area contributed by atoms with Crippen molar-refractivity contribution >= 4 is 5.91 Å². The molecule has 4 aromatic rings. The predicted octanol–water partition coefficient (Wildman–Crippen LogP) is 4.33. The lowest BCUT2D eigenvalue weighted by Crippen LogP contribution is -2.40. The van der Waals surface area contributed by atoms with Gasteiger partial charge < -0.3 is 18.9 Å². The van der Waals surface area contributed by atoms with Gasteiger partial charge in [-0.15, -0.1) is 13.2 Å². The fourth-order valence-electron chi connectivity index (χ4n) is 3.95. The molecule has 1 aliphatic rings. The second kappa shape index (κ2) is 10.1. The molecule has 12 heteroatoms. The fraction of sp³-hybridized carbons (Fsp3) is 0.280. The number of nitrogens with zero attached hydrogens (tertiary/aromatic N) is 5. The van der Waals surface area contributed by atoms with Crippen LogP contribution in [0.2, 0.25) is 0 Å². The molecule has 1 fully saturated rings. The third kappa shape index (κ3) is 5.80. The molecule has 37 heavy (non-hydrogen) atoms. The van der Waals surface area contributed by atoms with Crippen LogP contribution in [0.25, 0.3) is 23.0 Å². The Hall–Kier alpha value is -4.19. The van der Waals surface area contributed by atoms with Crippen LogP contribution in [0.5, 0.6) is 5.75 Å². The second-order valence-electron chi connectivity index (χ2n) is 8.43. The van der Waals surface area contributed by atoms with E-state index in [4.69, 9.17) is 9.26 Å². The molecular formula is C25H22F3N5O4. The number of hydrogen-bond acceptors (Lipinski definition) is 7. The summed E-state index contributed by atoms with van der Waals surface area (Å²) in [6.45, 7) is 4.53. The van der Waals surface area contributed by atoms with Crippen molar-refractivity contribution in [1.29, 1.82) is 0 Å². The van der Waals surface area contributed by atoms with E-state index < -0.39 is 6.36 Å². The molecule has 0 saturated carbocycles. The minimum Gasteiger partial charge on any atom is -0.406 e. The predicted molar refractivity (Wildman–Crippen MR) is 125 cm³/mol. The highest BCUT2D eigenvalue weighted by molar-refractivity contribution is 5.94. The highest BCUT2D eigenvalue weighted by atomic mass is 19.4. The van der Waals surface area contributed by atoms with Crippen LogP contribution in [0.3, 0.4) is 0 Å².